The summed E-state index contributed by atoms with van der Waals surface area (Å²) in [7, 11) is 1.54. The summed E-state index contributed by atoms with van der Waals surface area (Å²) in [5.74, 6) is 0.427. The molecule has 2 rings (SSSR count). The van der Waals surface area contributed by atoms with Crippen molar-refractivity contribution in [1.29, 1.82) is 0 Å². The van der Waals surface area contributed by atoms with E-state index in [1.54, 1.807) is 12.1 Å². The molecule has 19 heavy (non-hydrogen) atoms. The first-order valence-electron chi connectivity index (χ1n) is 5.35. The highest BCUT2D eigenvalue weighted by molar-refractivity contribution is 9.10. The highest BCUT2D eigenvalue weighted by atomic mass is 79.9. The number of rotatable bonds is 3. The van der Waals surface area contributed by atoms with Crippen molar-refractivity contribution in [3.63, 3.8) is 0 Å². The molecule has 0 aromatic carbocycles. The van der Waals surface area contributed by atoms with Crippen LogP contribution in [0.1, 0.15) is 11.3 Å². The number of nitrogens with zero attached hydrogens (tertiary/aromatic N) is 2. The van der Waals surface area contributed by atoms with Gasteiger partial charge in [-0.15, -0.1) is 0 Å². The molecule has 0 fully saturated rings. The highest BCUT2D eigenvalue weighted by Gasteiger charge is 2.35. The molecule has 0 aliphatic rings. The second-order valence-corrected chi connectivity index (χ2v) is 4.72. The number of alkyl halides is 3. The summed E-state index contributed by atoms with van der Waals surface area (Å²) in [6.45, 7) is 0.200. The quantitative estimate of drug-likeness (QED) is 0.846. The predicted molar refractivity (Wildman–Crippen MR) is 67.8 cm³/mol. The lowest BCUT2D eigenvalue weighted by Crippen LogP contribution is -2.21. The zero-order valence-electron chi connectivity index (χ0n) is 9.91. The van der Waals surface area contributed by atoms with Crippen molar-refractivity contribution < 1.29 is 17.6 Å². The van der Waals surface area contributed by atoms with Crippen LogP contribution in [0.3, 0.4) is 0 Å². The number of pyridine rings is 1. The molecule has 0 atom stereocenters. The van der Waals surface area contributed by atoms with Crippen LogP contribution in [0.25, 0.3) is 0 Å². The maximum atomic E-state index is 12.9. The summed E-state index contributed by atoms with van der Waals surface area (Å²) >= 11 is 3.14. The molecule has 3 nitrogen and oxygen atoms in total. The summed E-state index contributed by atoms with van der Waals surface area (Å²) < 4.78 is 44.4. The Morgan fingerprint density at radius 2 is 2.05 bits per heavy atom. The summed E-state index contributed by atoms with van der Waals surface area (Å²) in [4.78, 5) is 5.20. The molecule has 2 aromatic rings. The van der Waals surface area contributed by atoms with Crippen molar-refractivity contribution in [3.05, 3.63) is 46.5 Å². The van der Waals surface area contributed by atoms with Crippen LogP contribution in [-0.4, -0.2) is 12.0 Å². The van der Waals surface area contributed by atoms with Crippen molar-refractivity contribution in [3.8, 4) is 0 Å². The van der Waals surface area contributed by atoms with Crippen LogP contribution >= 0.6 is 15.9 Å². The van der Waals surface area contributed by atoms with Crippen molar-refractivity contribution in [2.45, 2.75) is 12.7 Å². The Bertz CT molecular complexity index is 568. The zero-order valence-corrected chi connectivity index (χ0v) is 11.5. The highest BCUT2D eigenvalue weighted by Crippen LogP contribution is 2.35. The molecule has 2 aromatic heterocycles. The number of hydrogen-bond acceptors (Lipinski definition) is 3. The predicted octanol–water partition coefficient (Wildman–Crippen LogP) is 4.09. The molecule has 0 unspecified atom stereocenters. The molecule has 102 valence electrons. The smallest absolute Gasteiger partial charge is 0.419 e. The van der Waals surface area contributed by atoms with Gasteiger partial charge in [0.1, 0.15) is 11.6 Å². The van der Waals surface area contributed by atoms with Crippen LogP contribution in [0.5, 0.6) is 0 Å². The van der Waals surface area contributed by atoms with Gasteiger partial charge in [-0.25, -0.2) is 4.98 Å². The molecule has 0 saturated heterocycles. The van der Waals surface area contributed by atoms with E-state index in [9.17, 15) is 13.2 Å². The minimum atomic E-state index is -4.43. The number of hydrogen-bond donors (Lipinski definition) is 0. The molecular weight excluding hydrogens is 325 g/mol. The van der Waals surface area contributed by atoms with E-state index in [2.05, 4.69) is 20.9 Å². The van der Waals surface area contributed by atoms with Crippen LogP contribution in [0.2, 0.25) is 0 Å². The molecule has 0 N–H and O–H groups in total. The van der Waals surface area contributed by atoms with Gasteiger partial charge in [0, 0.05) is 13.2 Å². The summed E-state index contributed by atoms with van der Waals surface area (Å²) in [5.41, 5.74) is -0.761. The Morgan fingerprint density at radius 1 is 1.32 bits per heavy atom. The zero-order chi connectivity index (χ0) is 14.0. The van der Waals surface area contributed by atoms with Gasteiger partial charge in [-0.1, -0.05) is 0 Å². The average molecular weight is 335 g/mol. The topological polar surface area (TPSA) is 29.3 Å². The first-order valence-corrected chi connectivity index (χ1v) is 6.15. The van der Waals surface area contributed by atoms with Crippen LogP contribution in [0.15, 0.2) is 39.5 Å². The Kier molecular flexibility index (Phi) is 3.84. The van der Waals surface area contributed by atoms with Gasteiger partial charge in [0.2, 0.25) is 0 Å². The third-order valence-corrected chi connectivity index (χ3v) is 2.90. The van der Waals surface area contributed by atoms with Crippen LogP contribution in [0, 0.1) is 0 Å². The van der Waals surface area contributed by atoms with E-state index in [0.717, 1.165) is 6.07 Å². The minimum Gasteiger partial charge on any atom is -0.452 e. The molecule has 0 radical (unpaired) electrons. The lowest BCUT2D eigenvalue weighted by atomic mass is 10.2. The summed E-state index contributed by atoms with van der Waals surface area (Å²) in [6.07, 6.45) is -3.10. The van der Waals surface area contributed by atoms with E-state index in [1.807, 2.05) is 0 Å². The van der Waals surface area contributed by atoms with Gasteiger partial charge in [0.15, 0.2) is 4.67 Å². The number of furan rings is 1. The first kappa shape index (κ1) is 13.9. The molecular formula is C12H10BrF3N2O. The van der Waals surface area contributed by atoms with E-state index < -0.39 is 11.7 Å². The third-order valence-electron chi connectivity index (χ3n) is 2.48. The molecule has 0 saturated carbocycles. The standard InChI is InChI=1S/C12H10BrF3N2O/c1-18(7-8-4-5-10(13)19-8)11-9(12(14,15)16)3-2-6-17-11/h2-6H,7H2,1H3. The van der Waals surface area contributed by atoms with Crippen LogP contribution < -0.4 is 4.90 Å². The maximum Gasteiger partial charge on any atom is 0.419 e. The second-order valence-electron chi connectivity index (χ2n) is 3.93. The molecule has 0 aliphatic carbocycles. The fraction of sp³-hybridized carbons (Fsp3) is 0.250. The van der Waals surface area contributed by atoms with E-state index >= 15 is 0 Å². The molecule has 0 bridgehead atoms. The average Bonchev–Trinajstić information content (AvgIpc) is 2.73. The van der Waals surface area contributed by atoms with E-state index in [-0.39, 0.29) is 12.4 Å². The number of anilines is 1. The molecule has 0 spiro atoms. The van der Waals surface area contributed by atoms with Crippen LogP contribution in [0.4, 0.5) is 19.0 Å². The van der Waals surface area contributed by atoms with Gasteiger partial charge in [0.05, 0.1) is 12.1 Å². The number of aromatic nitrogens is 1. The summed E-state index contributed by atoms with van der Waals surface area (Å²) in [5, 5.41) is 0. The van der Waals surface area contributed by atoms with Gasteiger partial charge < -0.3 is 9.32 Å². The Labute approximate surface area is 116 Å². The lowest BCUT2D eigenvalue weighted by Gasteiger charge is -2.21. The van der Waals surface area contributed by atoms with Crippen molar-refractivity contribution >= 4 is 21.7 Å². The first-order chi connectivity index (χ1) is 8.88. The molecule has 0 amide bonds. The summed E-state index contributed by atoms with van der Waals surface area (Å²) in [6, 6.07) is 5.66. The van der Waals surface area contributed by atoms with Gasteiger partial charge in [0.25, 0.3) is 0 Å². The number of halogens is 4. The van der Waals surface area contributed by atoms with E-state index in [0.29, 0.717) is 10.4 Å². The Hall–Kier alpha value is -1.50. The molecule has 7 heteroatoms. The largest absolute Gasteiger partial charge is 0.452 e. The van der Waals surface area contributed by atoms with Gasteiger partial charge in [-0.05, 0) is 40.2 Å². The van der Waals surface area contributed by atoms with Crippen LogP contribution in [-0.2, 0) is 12.7 Å². The Balaban J connectivity index is 2.26. The minimum absolute atomic E-state index is 0.123. The van der Waals surface area contributed by atoms with Crippen molar-refractivity contribution in [2.24, 2.45) is 0 Å². The van der Waals surface area contributed by atoms with Crippen molar-refractivity contribution in [1.82, 2.24) is 4.98 Å². The fourth-order valence-electron chi connectivity index (χ4n) is 1.67. The monoisotopic (exact) mass is 334 g/mol. The molecule has 2 heterocycles. The van der Waals surface area contributed by atoms with Gasteiger partial charge in [-0.3, -0.25) is 0 Å². The van der Waals surface area contributed by atoms with Gasteiger partial charge in [-0.2, -0.15) is 13.2 Å². The van der Waals surface area contributed by atoms with E-state index in [1.165, 1.54) is 24.2 Å². The van der Waals surface area contributed by atoms with Gasteiger partial charge >= 0.3 is 6.18 Å². The molecule has 0 aliphatic heterocycles. The normalized spacial score (nSPS) is 11.6. The Morgan fingerprint density at radius 3 is 2.63 bits per heavy atom. The van der Waals surface area contributed by atoms with E-state index in [4.69, 9.17) is 4.42 Å². The third kappa shape index (κ3) is 3.28. The van der Waals surface area contributed by atoms with Crippen molar-refractivity contribution in [2.75, 3.05) is 11.9 Å². The lowest BCUT2D eigenvalue weighted by molar-refractivity contribution is -0.137. The fourth-order valence-corrected chi connectivity index (χ4v) is 2.01. The SMILES string of the molecule is CN(Cc1ccc(Br)o1)c1ncccc1C(F)(F)F. The maximum absolute atomic E-state index is 12.9. The second kappa shape index (κ2) is 5.24.